The minimum absolute atomic E-state index is 0.107. The number of phosphoric acid groups is 2. The van der Waals surface area contributed by atoms with Crippen LogP contribution in [-0.4, -0.2) is 96.7 Å². The summed E-state index contributed by atoms with van der Waals surface area (Å²) >= 11 is 0. The highest BCUT2D eigenvalue weighted by atomic mass is 31.2. The molecule has 0 aliphatic heterocycles. The van der Waals surface area contributed by atoms with Gasteiger partial charge in [0, 0.05) is 25.7 Å². The lowest BCUT2D eigenvalue weighted by Crippen LogP contribution is -2.30. The minimum Gasteiger partial charge on any atom is -0.462 e. The lowest BCUT2D eigenvalue weighted by Gasteiger charge is -2.21. The molecule has 0 fully saturated rings. The molecule has 0 aromatic carbocycles. The number of aliphatic hydroxyl groups is 1. The van der Waals surface area contributed by atoms with E-state index in [1.807, 2.05) is 0 Å². The molecule has 3 N–H and O–H groups in total. The van der Waals surface area contributed by atoms with E-state index in [0.29, 0.717) is 25.7 Å². The summed E-state index contributed by atoms with van der Waals surface area (Å²) in [6.07, 6.45) is 53.9. The second-order valence-electron chi connectivity index (χ2n) is 26.8. The Morgan fingerprint density at radius 3 is 0.739 bits per heavy atom. The number of aliphatic hydroxyl groups excluding tert-OH is 1. The molecule has 19 heteroatoms. The number of hydrogen-bond acceptors (Lipinski definition) is 15. The minimum atomic E-state index is -4.95. The number of unbranched alkanes of at least 4 members (excludes halogenated alkanes) is 45. The first kappa shape index (κ1) is 90.1. The number of phosphoric ester groups is 2. The van der Waals surface area contributed by atoms with Crippen LogP contribution >= 0.6 is 15.6 Å². The zero-order valence-electron chi connectivity index (χ0n) is 59.7. The highest BCUT2D eigenvalue weighted by Crippen LogP contribution is 2.45. The van der Waals surface area contributed by atoms with Gasteiger partial charge >= 0.3 is 39.5 Å². The predicted octanol–water partition coefficient (Wildman–Crippen LogP) is 21.3. The van der Waals surface area contributed by atoms with E-state index in [1.54, 1.807) is 0 Å². The van der Waals surface area contributed by atoms with Gasteiger partial charge in [-0.2, -0.15) is 0 Å². The van der Waals surface area contributed by atoms with Gasteiger partial charge in [0.25, 0.3) is 0 Å². The van der Waals surface area contributed by atoms with Gasteiger partial charge in [-0.05, 0) is 31.6 Å². The normalized spacial score (nSPS) is 14.0. The highest BCUT2D eigenvalue weighted by Gasteiger charge is 2.30. The number of ether oxygens (including phenoxy) is 4. The molecule has 0 saturated heterocycles. The summed E-state index contributed by atoms with van der Waals surface area (Å²) in [6, 6.07) is 0. The number of rotatable bonds is 73. The summed E-state index contributed by atoms with van der Waals surface area (Å²) in [5.41, 5.74) is 0. The maximum absolute atomic E-state index is 13.0. The molecule has 0 spiro atoms. The van der Waals surface area contributed by atoms with Gasteiger partial charge in [-0.1, -0.05) is 330 Å². The van der Waals surface area contributed by atoms with Gasteiger partial charge in [0.15, 0.2) is 12.2 Å². The molecule has 546 valence electrons. The molecule has 0 aliphatic carbocycles. The summed E-state index contributed by atoms with van der Waals surface area (Å²) in [5, 5.41) is 10.6. The number of carbonyl (C=O) groups is 4. The van der Waals surface area contributed by atoms with Crippen LogP contribution in [0.15, 0.2) is 0 Å². The Balaban J connectivity index is 5.26. The Bertz CT molecular complexity index is 1770. The molecule has 5 atom stereocenters. The lowest BCUT2D eigenvalue weighted by atomic mass is 10.0. The van der Waals surface area contributed by atoms with Gasteiger partial charge in [0.05, 0.1) is 26.4 Å². The molecule has 0 saturated carbocycles. The average Bonchev–Trinajstić information content (AvgIpc) is 1.90. The third-order valence-corrected chi connectivity index (χ3v) is 18.9. The van der Waals surface area contributed by atoms with Crippen molar-refractivity contribution in [2.75, 3.05) is 39.6 Å². The first-order chi connectivity index (χ1) is 44.5. The topological polar surface area (TPSA) is 237 Å². The molecule has 0 aromatic rings. The predicted molar refractivity (Wildman–Crippen MR) is 372 cm³/mol. The fourth-order valence-electron chi connectivity index (χ4n) is 11.2. The van der Waals surface area contributed by atoms with Crippen molar-refractivity contribution in [2.24, 2.45) is 5.92 Å². The van der Waals surface area contributed by atoms with Crippen molar-refractivity contribution >= 4 is 39.5 Å². The molecule has 2 unspecified atom stereocenters. The van der Waals surface area contributed by atoms with Crippen molar-refractivity contribution in [1.29, 1.82) is 0 Å². The van der Waals surface area contributed by atoms with E-state index in [0.717, 1.165) is 95.8 Å². The molecule has 92 heavy (non-hydrogen) atoms. The van der Waals surface area contributed by atoms with Crippen LogP contribution in [-0.2, 0) is 65.4 Å². The van der Waals surface area contributed by atoms with Gasteiger partial charge in [-0.25, -0.2) is 9.13 Å². The first-order valence-electron chi connectivity index (χ1n) is 38.1. The maximum Gasteiger partial charge on any atom is 0.472 e. The molecule has 0 amide bonds. The number of esters is 4. The third kappa shape index (κ3) is 66.7. The van der Waals surface area contributed by atoms with Gasteiger partial charge in [-0.15, -0.1) is 0 Å². The van der Waals surface area contributed by atoms with Crippen molar-refractivity contribution in [3.05, 3.63) is 0 Å². The monoisotopic (exact) mass is 1350 g/mol. The van der Waals surface area contributed by atoms with E-state index >= 15 is 0 Å². The molecule has 17 nitrogen and oxygen atoms in total. The first-order valence-corrected chi connectivity index (χ1v) is 41.1. The Kier molecular flexibility index (Phi) is 64.9. The molecule has 0 bridgehead atoms. The SMILES string of the molecule is CCCCCCCCCCCCCCCC(=O)OC[C@H](COP(=O)(O)OC[C@H](O)COP(=O)(O)OC[C@@H](COC(=O)CCCCCCCCCCCCCCC)OC(=O)CCCCCCCCCCCCC(C)C)OC(=O)CCCCCCCCCCCCCCC. The highest BCUT2D eigenvalue weighted by molar-refractivity contribution is 7.47. The molecule has 0 rings (SSSR count). The second-order valence-corrected chi connectivity index (χ2v) is 29.7. The van der Waals surface area contributed by atoms with Crippen molar-refractivity contribution in [2.45, 2.75) is 400 Å². The molecular weight excluding hydrogens is 1210 g/mol. The van der Waals surface area contributed by atoms with E-state index in [-0.39, 0.29) is 25.7 Å². The number of hydrogen-bond donors (Lipinski definition) is 3. The Hall–Kier alpha value is -1.94. The molecule has 0 radical (unpaired) electrons. The van der Waals surface area contributed by atoms with Crippen LogP contribution in [0.1, 0.15) is 381 Å². The van der Waals surface area contributed by atoms with E-state index in [2.05, 4.69) is 34.6 Å². The van der Waals surface area contributed by atoms with Crippen LogP contribution in [0.4, 0.5) is 0 Å². The van der Waals surface area contributed by atoms with Crippen molar-refractivity contribution in [1.82, 2.24) is 0 Å². The Morgan fingerprint density at radius 2 is 0.500 bits per heavy atom. The van der Waals surface area contributed by atoms with Gasteiger partial charge < -0.3 is 33.8 Å². The van der Waals surface area contributed by atoms with Crippen LogP contribution in [0.5, 0.6) is 0 Å². The van der Waals surface area contributed by atoms with E-state index < -0.39 is 97.5 Å². The molecule has 0 aliphatic rings. The summed E-state index contributed by atoms with van der Waals surface area (Å²) in [5.74, 6) is -1.36. The number of carbonyl (C=O) groups excluding carboxylic acids is 4. The van der Waals surface area contributed by atoms with Crippen molar-refractivity contribution in [3.8, 4) is 0 Å². The smallest absolute Gasteiger partial charge is 0.462 e. The second kappa shape index (κ2) is 66.3. The summed E-state index contributed by atoms with van der Waals surface area (Å²) in [6.45, 7) is 7.27. The maximum atomic E-state index is 13.0. The summed E-state index contributed by atoms with van der Waals surface area (Å²) < 4.78 is 68.4. The van der Waals surface area contributed by atoms with E-state index in [4.69, 9.17) is 37.0 Å². The quantitative estimate of drug-likeness (QED) is 0.0222. The van der Waals surface area contributed by atoms with Crippen LogP contribution in [0, 0.1) is 5.92 Å². The van der Waals surface area contributed by atoms with Gasteiger partial charge in [-0.3, -0.25) is 37.3 Å². The van der Waals surface area contributed by atoms with Gasteiger partial charge in [0.1, 0.15) is 19.3 Å². The average molecular weight is 1350 g/mol. The molecule has 0 heterocycles. The molecule has 0 aromatic heterocycles. The largest absolute Gasteiger partial charge is 0.472 e. The van der Waals surface area contributed by atoms with Crippen LogP contribution < -0.4 is 0 Å². The zero-order valence-corrected chi connectivity index (χ0v) is 61.5. The van der Waals surface area contributed by atoms with Crippen LogP contribution in [0.2, 0.25) is 0 Å². The summed E-state index contributed by atoms with van der Waals surface area (Å²) in [4.78, 5) is 72.7. The van der Waals surface area contributed by atoms with Crippen LogP contribution in [0.25, 0.3) is 0 Å². The fourth-order valence-corrected chi connectivity index (χ4v) is 12.8. The van der Waals surface area contributed by atoms with Gasteiger partial charge in [0.2, 0.25) is 0 Å². The third-order valence-electron chi connectivity index (χ3n) is 17.0. The van der Waals surface area contributed by atoms with Crippen molar-refractivity contribution in [3.63, 3.8) is 0 Å². The lowest BCUT2D eigenvalue weighted by molar-refractivity contribution is -0.161. The Morgan fingerprint density at radius 1 is 0.293 bits per heavy atom. The Labute approximate surface area is 562 Å². The van der Waals surface area contributed by atoms with Crippen molar-refractivity contribution < 1.29 is 80.2 Å². The molecular formula is C73H142O17P2. The fraction of sp³-hybridized carbons (Fsp3) is 0.945. The standard InChI is InChI=1S/C73H142O17P2/c1-6-9-12-15-18-21-24-27-30-36-41-46-51-56-70(75)83-62-68(89-72(77)58-53-48-43-38-32-29-26-23-20-17-14-11-8-3)64-87-91(79,80)85-60-67(74)61-86-92(81,82)88-65-69(90-73(78)59-54-49-44-39-34-33-35-40-45-50-55-66(4)5)63-84-71(76)57-52-47-42-37-31-28-25-22-19-16-13-10-7-2/h66-69,74H,6-65H2,1-5H3,(H,79,80)(H,81,82)/t67-,68+,69+/m0/s1. The van der Waals surface area contributed by atoms with E-state index in [1.165, 1.54) is 205 Å². The van der Waals surface area contributed by atoms with Crippen LogP contribution in [0.3, 0.4) is 0 Å². The zero-order chi connectivity index (χ0) is 67.7. The summed E-state index contributed by atoms with van der Waals surface area (Å²) in [7, 11) is -9.90. The van der Waals surface area contributed by atoms with E-state index in [9.17, 15) is 43.2 Å².